The zero-order valence-corrected chi connectivity index (χ0v) is 13.2. The van der Waals surface area contributed by atoms with Crippen LogP contribution in [0.15, 0.2) is 0 Å². The van der Waals surface area contributed by atoms with Gasteiger partial charge in [-0.15, -0.1) is 0 Å². The fraction of sp³-hybridized carbons (Fsp3) is 0.769. The van der Waals surface area contributed by atoms with Crippen molar-refractivity contribution in [3.05, 3.63) is 0 Å². The van der Waals surface area contributed by atoms with Crippen molar-refractivity contribution in [1.29, 1.82) is 0 Å². The molecule has 0 amide bonds. The summed E-state index contributed by atoms with van der Waals surface area (Å²) in [6.45, 7) is 10.5. The number of anilines is 2. The minimum absolute atomic E-state index is 0.111. The van der Waals surface area contributed by atoms with Gasteiger partial charge in [-0.3, -0.25) is 4.90 Å². The van der Waals surface area contributed by atoms with E-state index in [1.54, 1.807) is 0 Å². The van der Waals surface area contributed by atoms with Gasteiger partial charge in [0.15, 0.2) is 16.6 Å². The Bertz CT molecular complexity index is 422. The second-order valence-corrected chi connectivity index (χ2v) is 6.39. The summed E-state index contributed by atoms with van der Waals surface area (Å²) in [5, 5.41) is 1.07. The average Bonchev–Trinajstić information content (AvgIpc) is 2.67. The molecule has 0 aromatic carbocycles. The van der Waals surface area contributed by atoms with Crippen LogP contribution in [0.2, 0.25) is 0 Å². The predicted molar refractivity (Wildman–Crippen MR) is 81.2 cm³/mol. The molecule has 19 heavy (non-hydrogen) atoms. The molecule has 2 unspecified atom stereocenters. The van der Waals surface area contributed by atoms with E-state index >= 15 is 0 Å². The first-order chi connectivity index (χ1) is 8.90. The summed E-state index contributed by atoms with van der Waals surface area (Å²) in [5.74, 6) is 1.26. The van der Waals surface area contributed by atoms with E-state index in [9.17, 15) is 0 Å². The molecular formula is C13H24N4OS. The molecule has 2 atom stereocenters. The topological polar surface area (TPSA) is 54.6 Å². The van der Waals surface area contributed by atoms with Crippen LogP contribution in [0.4, 0.5) is 10.8 Å². The zero-order valence-electron chi connectivity index (χ0n) is 12.4. The van der Waals surface area contributed by atoms with Crippen LogP contribution in [0.1, 0.15) is 27.7 Å². The fourth-order valence-electron chi connectivity index (χ4n) is 2.40. The van der Waals surface area contributed by atoms with Gasteiger partial charge in [-0.2, -0.15) is 4.37 Å². The van der Waals surface area contributed by atoms with Gasteiger partial charge in [0.1, 0.15) is 0 Å². The molecule has 1 fully saturated rings. The average molecular weight is 284 g/mol. The summed E-state index contributed by atoms with van der Waals surface area (Å²) in [6.07, 6.45) is 0.111. The predicted octanol–water partition coefficient (Wildman–Crippen LogP) is 2.04. The molecule has 1 aliphatic rings. The summed E-state index contributed by atoms with van der Waals surface area (Å²) in [6, 6.07) is 1.03. The van der Waals surface area contributed by atoms with Gasteiger partial charge in [0.25, 0.3) is 0 Å². The molecular weight excluding hydrogens is 260 g/mol. The van der Waals surface area contributed by atoms with Gasteiger partial charge < -0.3 is 15.4 Å². The van der Waals surface area contributed by atoms with Crippen molar-refractivity contribution >= 4 is 22.4 Å². The molecule has 0 saturated carbocycles. The SMILES string of the molecule is CC(C)Oc1c(N)nsc1N1CC(C)N(C)C(C)C1. The first kappa shape index (κ1) is 14.4. The van der Waals surface area contributed by atoms with E-state index in [2.05, 4.69) is 35.1 Å². The number of nitrogens with zero attached hydrogens (tertiary/aromatic N) is 3. The van der Waals surface area contributed by atoms with Gasteiger partial charge in [0, 0.05) is 25.2 Å². The Morgan fingerprint density at radius 1 is 1.32 bits per heavy atom. The van der Waals surface area contributed by atoms with Crippen molar-refractivity contribution < 1.29 is 4.74 Å². The number of nitrogen functional groups attached to an aromatic ring is 1. The van der Waals surface area contributed by atoms with Crippen molar-refractivity contribution in [1.82, 2.24) is 9.27 Å². The summed E-state index contributed by atoms with van der Waals surface area (Å²) in [4.78, 5) is 4.75. The smallest absolute Gasteiger partial charge is 0.198 e. The highest BCUT2D eigenvalue weighted by Gasteiger charge is 2.30. The molecule has 6 heteroatoms. The van der Waals surface area contributed by atoms with E-state index in [0.29, 0.717) is 17.9 Å². The van der Waals surface area contributed by atoms with E-state index in [4.69, 9.17) is 10.5 Å². The zero-order chi connectivity index (χ0) is 14.2. The van der Waals surface area contributed by atoms with E-state index < -0.39 is 0 Å². The second kappa shape index (κ2) is 5.54. The van der Waals surface area contributed by atoms with Crippen LogP contribution in [0.5, 0.6) is 5.75 Å². The molecule has 0 spiro atoms. The van der Waals surface area contributed by atoms with Crippen LogP contribution in [0.3, 0.4) is 0 Å². The highest BCUT2D eigenvalue weighted by Crippen LogP contribution is 2.40. The van der Waals surface area contributed by atoms with Crippen LogP contribution >= 0.6 is 11.5 Å². The Balaban J connectivity index is 2.22. The summed E-state index contributed by atoms with van der Waals surface area (Å²) < 4.78 is 10.1. The Kier molecular flexibility index (Phi) is 4.20. The summed E-state index contributed by atoms with van der Waals surface area (Å²) >= 11 is 1.44. The lowest BCUT2D eigenvalue weighted by Gasteiger charge is -2.42. The Hall–Kier alpha value is -1.01. The van der Waals surface area contributed by atoms with Gasteiger partial charge in [0.05, 0.1) is 6.10 Å². The van der Waals surface area contributed by atoms with Gasteiger partial charge in [-0.05, 0) is 46.3 Å². The number of piperazine rings is 1. The van der Waals surface area contributed by atoms with Crippen molar-refractivity contribution in [3.8, 4) is 5.75 Å². The fourth-order valence-corrected chi connectivity index (χ4v) is 3.17. The van der Waals surface area contributed by atoms with Crippen molar-refractivity contribution in [3.63, 3.8) is 0 Å². The third kappa shape index (κ3) is 2.95. The number of aromatic nitrogens is 1. The lowest BCUT2D eigenvalue weighted by Crippen LogP contribution is -2.54. The van der Waals surface area contributed by atoms with Crippen molar-refractivity contribution in [2.24, 2.45) is 0 Å². The quantitative estimate of drug-likeness (QED) is 0.920. The second-order valence-electron chi connectivity index (χ2n) is 5.64. The van der Waals surface area contributed by atoms with Crippen molar-refractivity contribution in [2.45, 2.75) is 45.9 Å². The van der Waals surface area contributed by atoms with Crippen LogP contribution in [0, 0.1) is 0 Å². The molecule has 1 saturated heterocycles. The molecule has 1 aromatic heterocycles. The van der Waals surface area contributed by atoms with Gasteiger partial charge in [0.2, 0.25) is 0 Å². The van der Waals surface area contributed by atoms with Crippen LogP contribution in [0.25, 0.3) is 0 Å². The summed E-state index contributed by atoms with van der Waals surface area (Å²) in [7, 11) is 2.18. The number of hydrogen-bond acceptors (Lipinski definition) is 6. The van der Waals surface area contributed by atoms with E-state index in [-0.39, 0.29) is 6.10 Å². The number of nitrogens with two attached hydrogens (primary N) is 1. The summed E-state index contributed by atoms with van der Waals surface area (Å²) in [5.41, 5.74) is 5.93. The third-order valence-corrected chi connectivity index (χ3v) is 4.56. The lowest BCUT2D eigenvalue weighted by atomic mass is 10.1. The first-order valence-electron chi connectivity index (χ1n) is 6.78. The molecule has 2 heterocycles. The number of likely N-dealkylation sites (N-methyl/N-ethyl adjacent to an activating group) is 1. The monoisotopic (exact) mass is 284 g/mol. The van der Waals surface area contributed by atoms with Crippen LogP contribution in [-0.4, -0.2) is 47.6 Å². The number of ether oxygens (including phenoxy) is 1. The standard InChI is InChI=1S/C13H24N4OS/c1-8(2)18-11-12(14)15-19-13(11)17-6-9(3)16(5)10(4)7-17/h8-10H,6-7H2,1-5H3,(H2,14,15). The minimum atomic E-state index is 0.111. The number of hydrogen-bond donors (Lipinski definition) is 1. The van der Waals surface area contributed by atoms with E-state index in [1.807, 2.05) is 13.8 Å². The molecule has 0 aliphatic carbocycles. The Labute approximate surface area is 119 Å². The molecule has 2 rings (SSSR count). The van der Waals surface area contributed by atoms with Crippen LogP contribution in [-0.2, 0) is 0 Å². The molecule has 1 aliphatic heterocycles. The van der Waals surface area contributed by atoms with Gasteiger partial charge >= 0.3 is 0 Å². The van der Waals surface area contributed by atoms with E-state index in [1.165, 1.54) is 11.5 Å². The maximum atomic E-state index is 5.93. The highest BCUT2D eigenvalue weighted by atomic mass is 32.1. The van der Waals surface area contributed by atoms with Crippen molar-refractivity contribution in [2.75, 3.05) is 30.8 Å². The molecule has 0 radical (unpaired) electrons. The Morgan fingerprint density at radius 2 is 1.89 bits per heavy atom. The van der Waals surface area contributed by atoms with Gasteiger partial charge in [-0.25, -0.2) is 0 Å². The van der Waals surface area contributed by atoms with Gasteiger partial charge in [-0.1, -0.05) is 0 Å². The largest absolute Gasteiger partial charge is 0.484 e. The highest BCUT2D eigenvalue weighted by molar-refractivity contribution is 7.11. The van der Waals surface area contributed by atoms with Crippen LogP contribution < -0.4 is 15.4 Å². The maximum absolute atomic E-state index is 5.93. The minimum Gasteiger partial charge on any atom is -0.484 e. The first-order valence-corrected chi connectivity index (χ1v) is 7.56. The third-order valence-electron chi connectivity index (χ3n) is 3.66. The maximum Gasteiger partial charge on any atom is 0.198 e. The normalized spacial score (nSPS) is 25.1. The molecule has 108 valence electrons. The molecule has 2 N–H and O–H groups in total. The lowest BCUT2D eigenvalue weighted by molar-refractivity contribution is 0.169. The Morgan fingerprint density at radius 3 is 2.42 bits per heavy atom. The molecule has 1 aromatic rings. The molecule has 0 bridgehead atoms. The van der Waals surface area contributed by atoms with E-state index in [0.717, 1.165) is 23.8 Å². The molecule has 5 nitrogen and oxygen atoms in total. The number of rotatable bonds is 3.